The summed E-state index contributed by atoms with van der Waals surface area (Å²) in [5.41, 5.74) is 3.85. The second-order valence-corrected chi connectivity index (χ2v) is 6.92. The van der Waals surface area contributed by atoms with Crippen LogP contribution in [0.25, 0.3) is 0 Å². The Morgan fingerprint density at radius 2 is 2.04 bits per heavy atom. The van der Waals surface area contributed by atoms with Gasteiger partial charge in [-0.1, -0.05) is 41.4 Å². The van der Waals surface area contributed by atoms with Crippen molar-refractivity contribution >= 4 is 46.4 Å². The lowest BCUT2D eigenvalue weighted by Crippen LogP contribution is -2.25. The van der Waals surface area contributed by atoms with E-state index in [-0.39, 0.29) is 30.8 Å². The van der Waals surface area contributed by atoms with Gasteiger partial charge in [-0.25, -0.2) is 0 Å². The van der Waals surface area contributed by atoms with Crippen LogP contribution in [0.1, 0.15) is 29.0 Å². The van der Waals surface area contributed by atoms with Gasteiger partial charge in [0.1, 0.15) is 6.61 Å². The highest BCUT2D eigenvalue weighted by atomic mass is 35.5. The zero-order valence-corrected chi connectivity index (χ0v) is 15.9. The van der Waals surface area contributed by atoms with Gasteiger partial charge >= 0.3 is 0 Å². The fourth-order valence-corrected chi connectivity index (χ4v) is 3.63. The van der Waals surface area contributed by atoms with Crippen LogP contribution in [-0.2, 0) is 14.3 Å². The summed E-state index contributed by atoms with van der Waals surface area (Å²) in [4.78, 5) is 24.1. The number of anilines is 2. The van der Waals surface area contributed by atoms with Crippen molar-refractivity contribution in [3.05, 3.63) is 57.1 Å². The van der Waals surface area contributed by atoms with Crippen molar-refractivity contribution < 1.29 is 14.3 Å². The molecule has 2 aromatic rings. The van der Waals surface area contributed by atoms with Crippen LogP contribution in [0, 0.1) is 6.92 Å². The molecule has 136 valence electrons. The fourth-order valence-electron chi connectivity index (χ4n) is 3.19. The molecule has 0 unspecified atom stereocenters. The van der Waals surface area contributed by atoms with Crippen LogP contribution >= 0.6 is 23.2 Å². The van der Waals surface area contributed by atoms with Crippen LogP contribution in [0.15, 0.2) is 30.3 Å². The molecule has 2 amide bonds. The maximum Gasteiger partial charge on any atom is 0.250 e. The summed E-state index contributed by atoms with van der Waals surface area (Å²) in [6, 6.07) is 9.14. The summed E-state index contributed by atoms with van der Waals surface area (Å²) in [5.74, 6) is -0.568. The predicted octanol–water partition coefficient (Wildman–Crippen LogP) is 4.36. The van der Waals surface area contributed by atoms with Crippen LogP contribution in [0.2, 0.25) is 10.0 Å². The Kier molecular flexibility index (Phi) is 5.51. The molecule has 1 heterocycles. The molecule has 0 aromatic heterocycles. The highest BCUT2D eigenvalue weighted by Gasteiger charge is 2.30. The van der Waals surface area contributed by atoms with Crippen molar-refractivity contribution in [2.45, 2.75) is 19.3 Å². The first-order valence-electron chi connectivity index (χ1n) is 8.08. The number of ether oxygens (including phenoxy) is 1. The molecule has 1 atom stereocenters. The monoisotopic (exact) mass is 392 g/mol. The zero-order valence-electron chi connectivity index (χ0n) is 14.4. The Morgan fingerprint density at radius 1 is 1.27 bits per heavy atom. The molecule has 0 spiro atoms. The number of carbonyl (C=O) groups is 2. The van der Waals surface area contributed by atoms with Gasteiger partial charge in [-0.15, -0.1) is 0 Å². The van der Waals surface area contributed by atoms with E-state index in [4.69, 9.17) is 27.9 Å². The second-order valence-electron chi connectivity index (χ2n) is 6.13. The lowest BCUT2D eigenvalue weighted by Gasteiger charge is -2.29. The number of hydrogen-bond donors (Lipinski definition) is 2. The Morgan fingerprint density at radius 3 is 2.77 bits per heavy atom. The Labute approximate surface area is 161 Å². The molecule has 2 aromatic carbocycles. The molecule has 0 saturated carbocycles. The Balaban J connectivity index is 2.04. The molecule has 5 nitrogen and oxygen atoms in total. The molecule has 26 heavy (non-hydrogen) atoms. The quantitative estimate of drug-likeness (QED) is 0.811. The van der Waals surface area contributed by atoms with Gasteiger partial charge in [-0.05, 0) is 35.7 Å². The first kappa shape index (κ1) is 18.7. The van der Waals surface area contributed by atoms with E-state index in [1.807, 2.05) is 31.2 Å². The summed E-state index contributed by atoms with van der Waals surface area (Å²) >= 11 is 12.5. The minimum absolute atomic E-state index is 0.0381. The third-order valence-electron chi connectivity index (χ3n) is 4.43. The van der Waals surface area contributed by atoms with E-state index in [0.717, 1.165) is 16.7 Å². The van der Waals surface area contributed by atoms with Gasteiger partial charge in [0.25, 0.3) is 0 Å². The lowest BCUT2D eigenvalue weighted by molar-refractivity contribution is -0.119. The van der Waals surface area contributed by atoms with Crippen molar-refractivity contribution in [3.63, 3.8) is 0 Å². The van der Waals surface area contributed by atoms with E-state index >= 15 is 0 Å². The number of amides is 2. The molecule has 0 fully saturated rings. The van der Waals surface area contributed by atoms with E-state index in [0.29, 0.717) is 21.4 Å². The maximum atomic E-state index is 12.3. The highest BCUT2D eigenvalue weighted by Crippen LogP contribution is 2.44. The summed E-state index contributed by atoms with van der Waals surface area (Å²) in [6.07, 6.45) is 0.280. The number of nitrogens with one attached hydrogen (secondary N) is 2. The summed E-state index contributed by atoms with van der Waals surface area (Å²) < 4.78 is 4.84. The van der Waals surface area contributed by atoms with Crippen LogP contribution in [-0.4, -0.2) is 25.5 Å². The molecular formula is C19H18Cl2N2O3. The van der Waals surface area contributed by atoms with Gasteiger partial charge in [0, 0.05) is 30.8 Å². The number of benzene rings is 2. The fraction of sp³-hybridized carbons (Fsp3) is 0.263. The number of rotatable bonds is 4. The average Bonchev–Trinajstić information content (AvgIpc) is 2.60. The highest BCUT2D eigenvalue weighted by molar-refractivity contribution is 6.42. The topological polar surface area (TPSA) is 67.4 Å². The van der Waals surface area contributed by atoms with Gasteiger partial charge in [-0.2, -0.15) is 0 Å². The summed E-state index contributed by atoms with van der Waals surface area (Å²) in [5, 5.41) is 6.61. The van der Waals surface area contributed by atoms with Crippen molar-refractivity contribution in [2.24, 2.45) is 0 Å². The van der Waals surface area contributed by atoms with E-state index in [1.165, 1.54) is 7.11 Å². The molecule has 0 saturated heterocycles. The minimum Gasteiger partial charge on any atom is -0.375 e. The van der Waals surface area contributed by atoms with Crippen LogP contribution in [0.4, 0.5) is 11.4 Å². The number of fused-ring (bicyclic) bond motifs is 1. The van der Waals surface area contributed by atoms with E-state index in [9.17, 15) is 9.59 Å². The van der Waals surface area contributed by atoms with Gasteiger partial charge in [0.15, 0.2) is 0 Å². The molecule has 0 bridgehead atoms. The smallest absolute Gasteiger partial charge is 0.250 e. The first-order valence-corrected chi connectivity index (χ1v) is 8.84. The van der Waals surface area contributed by atoms with E-state index in [1.54, 1.807) is 6.07 Å². The zero-order chi connectivity index (χ0) is 18.8. The third-order valence-corrected chi connectivity index (χ3v) is 5.27. The number of hydrogen-bond acceptors (Lipinski definition) is 3. The Bertz CT molecular complexity index is 883. The number of carbonyl (C=O) groups excluding carboxylic acids is 2. The van der Waals surface area contributed by atoms with Crippen LogP contribution in [0.5, 0.6) is 0 Å². The molecular weight excluding hydrogens is 375 g/mol. The molecule has 1 aliphatic heterocycles. The van der Waals surface area contributed by atoms with Gasteiger partial charge < -0.3 is 15.4 Å². The third kappa shape index (κ3) is 3.56. The van der Waals surface area contributed by atoms with Gasteiger partial charge in [0.05, 0.1) is 10.0 Å². The largest absolute Gasteiger partial charge is 0.375 e. The van der Waals surface area contributed by atoms with E-state index < -0.39 is 0 Å². The van der Waals surface area contributed by atoms with E-state index in [2.05, 4.69) is 10.6 Å². The van der Waals surface area contributed by atoms with Crippen molar-refractivity contribution in [1.82, 2.24) is 0 Å². The molecule has 0 aliphatic carbocycles. The molecule has 2 N–H and O–H groups in total. The first-order chi connectivity index (χ1) is 12.4. The standard InChI is InChI=1S/C19H18Cl2N2O3/c1-10-15(22-17(25)9-26-2)7-6-12-13(8-16(24)23-19(10)12)11-4-3-5-14(20)18(11)21/h3-7,13H,8-9H2,1-2H3,(H,22,25)(H,23,24)/t13-/m1/s1. The average molecular weight is 393 g/mol. The van der Waals surface area contributed by atoms with Crippen molar-refractivity contribution in [3.8, 4) is 0 Å². The predicted molar refractivity (Wildman–Crippen MR) is 103 cm³/mol. The van der Waals surface area contributed by atoms with Gasteiger partial charge in [-0.3, -0.25) is 9.59 Å². The SMILES string of the molecule is COCC(=O)Nc1ccc2c(c1C)NC(=O)C[C@@H]2c1cccc(Cl)c1Cl. The minimum atomic E-state index is -0.257. The number of methoxy groups -OCH3 is 1. The Hall–Kier alpha value is -2.08. The molecule has 1 aliphatic rings. The number of halogens is 2. The normalized spacial score (nSPS) is 16.0. The van der Waals surface area contributed by atoms with Crippen molar-refractivity contribution in [1.29, 1.82) is 0 Å². The molecule has 0 radical (unpaired) electrons. The van der Waals surface area contributed by atoms with Gasteiger partial charge in [0.2, 0.25) is 11.8 Å². The summed E-state index contributed by atoms with van der Waals surface area (Å²) in [7, 11) is 1.46. The summed E-state index contributed by atoms with van der Waals surface area (Å²) in [6.45, 7) is 1.81. The maximum absolute atomic E-state index is 12.3. The van der Waals surface area contributed by atoms with Crippen molar-refractivity contribution in [2.75, 3.05) is 24.4 Å². The lowest BCUT2D eigenvalue weighted by atomic mass is 9.83. The van der Waals surface area contributed by atoms with Crippen LogP contribution in [0.3, 0.4) is 0 Å². The molecule has 3 rings (SSSR count). The van der Waals surface area contributed by atoms with Crippen LogP contribution < -0.4 is 10.6 Å². The second kappa shape index (κ2) is 7.66. The molecule has 7 heteroatoms.